The molecule has 4 N–H and O–H groups in total. The number of nitrogens with zero attached hydrogens (tertiary/aromatic N) is 3. The molecular formula is C8H12N6O3. The van der Waals surface area contributed by atoms with Crippen LogP contribution in [0.1, 0.15) is 6.42 Å². The Morgan fingerprint density at radius 1 is 1.65 bits per heavy atom. The topological polar surface area (TPSA) is 128 Å². The number of nitrogens with two attached hydrogens (primary N) is 1. The molecule has 0 spiro atoms. The maximum absolute atomic E-state index is 10.8. The summed E-state index contributed by atoms with van der Waals surface area (Å²) in [4.78, 5) is 17.9. The van der Waals surface area contributed by atoms with Crippen molar-refractivity contribution in [3.63, 3.8) is 0 Å². The zero-order valence-corrected chi connectivity index (χ0v) is 8.92. The monoisotopic (exact) mass is 240 g/mol. The molecule has 1 fully saturated rings. The van der Waals surface area contributed by atoms with Crippen LogP contribution in [0.2, 0.25) is 0 Å². The van der Waals surface area contributed by atoms with Gasteiger partial charge in [0.1, 0.15) is 6.20 Å². The summed E-state index contributed by atoms with van der Waals surface area (Å²) < 4.78 is 5.17. The Hall–Kier alpha value is -2.00. The normalized spacial score (nSPS) is 19.0. The predicted molar refractivity (Wildman–Crippen MR) is 59.3 cm³/mol. The quantitative estimate of drug-likeness (QED) is 0.377. The number of anilines is 2. The fourth-order valence-corrected chi connectivity index (χ4v) is 1.53. The highest BCUT2D eigenvalue weighted by atomic mass is 16.6. The number of nitrogens with one attached hydrogen (secondary N) is 2. The number of hydrogen-bond donors (Lipinski definition) is 3. The van der Waals surface area contributed by atoms with E-state index in [9.17, 15) is 10.1 Å². The minimum atomic E-state index is -0.543. The Bertz CT molecular complexity index is 420. The van der Waals surface area contributed by atoms with E-state index in [-0.39, 0.29) is 23.5 Å². The van der Waals surface area contributed by atoms with Gasteiger partial charge in [-0.05, 0) is 6.42 Å². The van der Waals surface area contributed by atoms with Gasteiger partial charge in [0.25, 0.3) is 0 Å². The van der Waals surface area contributed by atoms with Gasteiger partial charge in [0, 0.05) is 6.61 Å². The molecule has 1 saturated heterocycles. The average Bonchev–Trinajstić information content (AvgIpc) is 2.81. The lowest BCUT2D eigenvalue weighted by molar-refractivity contribution is -0.384. The second kappa shape index (κ2) is 4.89. The van der Waals surface area contributed by atoms with Crippen molar-refractivity contribution in [3.8, 4) is 0 Å². The van der Waals surface area contributed by atoms with Crippen molar-refractivity contribution < 1.29 is 9.66 Å². The van der Waals surface area contributed by atoms with Gasteiger partial charge >= 0.3 is 5.69 Å². The Balaban J connectivity index is 2.24. The van der Waals surface area contributed by atoms with Crippen molar-refractivity contribution in [2.45, 2.75) is 12.5 Å². The van der Waals surface area contributed by atoms with Crippen LogP contribution >= 0.6 is 0 Å². The van der Waals surface area contributed by atoms with E-state index in [0.717, 1.165) is 12.6 Å². The molecular weight excluding hydrogens is 228 g/mol. The van der Waals surface area contributed by atoms with Gasteiger partial charge in [-0.1, -0.05) is 0 Å². The van der Waals surface area contributed by atoms with Crippen LogP contribution in [0.4, 0.5) is 17.5 Å². The van der Waals surface area contributed by atoms with E-state index in [2.05, 4.69) is 20.7 Å². The molecule has 9 heteroatoms. The molecule has 1 aromatic rings. The molecule has 0 aromatic carbocycles. The minimum Gasteiger partial charge on any atom is -0.379 e. The smallest absolute Gasteiger partial charge is 0.329 e. The van der Waals surface area contributed by atoms with Crippen LogP contribution in [0.15, 0.2) is 6.20 Å². The van der Waals surface area contributed by atoms with Crippen molar-refractivity contribution in [3.05, 3.63) is 16.3 Å². The minimum absolute atomic E-state index is 0.0224. The lowest BCUT2D eigenvalue weighted by Gasteiger charge is -2.11. The summed E-state index contributed by atoms with van der Waals surface area (Å²) in [5.74, 6) is 5.42. The fourth-order valence-electron chi connectivity index (χ4n) is 1.53. The predicted octanol–water partition coefficient (Wildman–Crippen LogP) is -0.129. The SMILES string of the molecule is NNc1ncc([N+](=O)[O-])c(NC2CCOC2)n1. The van der Waals surface area contributed by atoms with Crippen LogP contribution in [-0.4, -0.2) is 34.1 Å². The van der Waals surface area contributed by atoms with Crippen molar-refractivity contribution in [1.29, 1.82) is 0 Å². The van der Waals surface area contributed by atoms with Crippen LogP contribution in [0.3, 0.4) is 0 Å². The van der Waals surface area contributed by atoms with E-state index in [1.54, 1.807) is 0 Å². The molecule has 1 aromatic heterocycles. The second-order valence-electron chi connectivity index (χ2n) is 3.53. The van der Waals surface area contributed by atoms with Crippen LogP contribution in [0.25, 0.3) is 0 Å². The molecule has 0 bridgehead atoms. The van der Waals surface area contributed by atoms with Gasteiger partial charge < -0.3 is 10.1 Å². The molecule has 9 nitrogen and oxygen atoms in total. The maximum atomic E-state index is 10.8. The summed E-state index contributed by atoms with van der Waals surface area (Å²) >= 11 is 0. The van der Waals surface area contributed by atoms with Crippen LogP contribution in [0.5, 0.6) is 0 Å². The number of nitrogen functional groups attached to an aromatic ring is 1. The van der Waals surface area contributed by atoms with E-state index in [1.165, 1.54) is 0 Å². The molecule has 0 aliphatic carbocycles. The van der Waals surface area contributed by atoms with E-state index in [0.29, 0.717) is 13.2 Å². The third-order valence-electron chi connectivity index (χ3n) is 2.37. The fraction of sp³-hybridized carbons (Fsp3) is 0.500. The van der Waals surface area contributed by atoms with Gasteiger partial charge in [-0.25, -0.2) is 10.8 Å². The first kappa shape index (κ1) is 11.5. The van der Waals surface area contributed by atoms with Crippen LogP contribution in [-0.2, 0) is 4.74 Å². The van der Waals surface area contributed by atoms with Crippen molar-refractivity contribution in [2.75, 3.05) is 24.0 Å². The molecule has 92 valence electrons. The first-order chi connectivity index (χ1) is 8.20. The van der Waals surface area contributed by atoms with E-state index >= 15 is 0 Å². The summed E-state index contributed by atoms with van der Waals surface area (Å²) in [6.07, 6.45) is 1.90. The molecule has 17 heavy (non-hydrogen) atoms. The Labute approximate surface area is 96.5 Å². The van der Waals surface area contributed by atoms with E-state index < -0.39 is 4.92 Å². The summed E-state index contributed by atoms with van der Waals surface area (Å²) in [6, 6.07) is 0.0224. The van der Waals surface area contributed by atoms with Gasteiger partial charge in [0.15, 0.2) is 0 Å². The number of hydrazine groups is 1. The third kappa shape index (κ3) is 2.57. The zero-order valence-electron chi connectivity index (χ0n) is 8.92. The molecule has 1 aliphatic rings. The number of hydrogen-bond acceptors (Lipinski definition) is 8. The molecule has 0 saturated carbocycles. The Kier molecular flexibility index (Phi) is 3.30. The summed E-state index contributed by atoms with van der Waals surface area (Å²) in [5, 5.41) is 13.7. The highest BCUT2D eigenvalue weighted by Crippen LogP contribution is 2.23. The standard InChI is InChI=1S/C8H12N6O3/c9-13-8-10-3-6(14(15)16)7(12-8)11-5-1-2-17-4-5/h3,5H,1-2,4,9H2,(H2,10,11,12,13). The first-order valence-electron chi connectivity index (χ1n) is 5.03. The van der Waals surface area contributed by atoms with Crippen LogP contribution < -0.4 is 16.6 Å². The lowest BCUT2D eigenvalue weighted by Crippen LogP contribution is -2.21. The number of nitro groups is 1. The highest BCUT2D eigenvalue weighted by molar-refractivity contribution is 5.57. The van der Waals surface area contributed by atoms with Crippen molar-refractivity contribution in [1.82, 2.24) is 9.97 Å². The van der Waals surface area contributed by atoms with Gasteiger partial charge in [-0.2, -0.15) is 4.98 Å². The van der Waals surface area contributed by atoms with Gasteiger partial charge in [-0.3, -0.25) is 15.5 Å². The average molecular weight is 240 g/mol. The van der Waals surface area contributed by atoms with Crippen molar-refractivity contribution >= 4 is 17.5 Å². The second-order valence-corrected chi connectivity index (χ2v) is 3.53. The zero-order chi connectivity index (χ0) is 12.3. The van der Waals surface area contributed by atoms with Gasteiger partial charge in [-0.15, -0.1) is 0 Å². The van der Waals surface area contributed by atoms with Gasteiger partial charge in [0.05, 0.1) is 17.6 Å². The largest absolute Gasteiger partial charge is 0.379 e. The van der Waals surface area contributed by atoms with Crippen LogP contribution in [0, 0.1) is 10.1 Å². The molecule has 1 unspecified atom stereocenters. The third-order valence-corrected chi connectivity index (χ3v) is 2.37. The summed E-state index contributed by atoms with van der Waals surface area (Å²) in [5.41, 5.74) is 2.06. The van der Waals surface area contributed by atoms with E-state index in [4.69, 9.17) is 10.6 Å². The first-order valence-corrected chi connectivity index (χ1v) is 5.03. The highest BCUT2D eigenvalue weighted by Gasteiger charge is 2.22. The molecule has 2 heterocycles. The van der Waals surface area contributed by atoms with Crippen molar-refractivity contribution in [2.24, 2.45) is 5.84 Å². The number of ether oxygens (including phenoxy) is 1. The van der Waals surface area contributed by atoms with E-state index in [1.807, 2.05) is 0 Å². The molecule has 0 amide bonds. The molecule has 1 aliphatic heterocycles. The number of aromatic nitrogens is 2. The molecule has 2 rings (SSSR count). The summed E-state index contributed by atoms with van der Waals surface area (Å²) in [6.45, 7) is 1.14. The lowest BCUT2D eigenvalue weighted by atomic mass is 10.2. The Morgan fingerprint density at radius 3 is 3.06 bits per heavy atom. The molecule has 1 atom stereocenters. The summed E-state index contributed by atoms with van der Waals surface area (Å²) in [7, 11) is 0. The Morgan fingerprint density at radius 2 is 2.47 bits per heavy atom. The van der Waals surface area contributed by atoms with Gasteiger partial charge in [0.2, 0.25) is 11.8 Å². The maximum Gasteiger partial charge on any atom is 0.329 e. The molecule has 0 radical (unpaired) electrons. The number of rotatable bonds is 4.